The number of nitrogens with one attached hydrogen (secondary N) is 2. The maximum absolute atomic E-state index is 14.5. The number of nitrogens with zero attached hydrogens (tertiary/aromatic N) is 2. The molecule has 4 N–H and O–H groups in total. The van der Waals surface area contributed by atoms with Crippen LogP contribution < -0.4 is 10.6 Å². The molecule has 0 radical (unpaired) electrons. The summed E-state index contributed by atoms with van der Waals surface area (Å²) in [6.07, 6.45) is 4.49. The Morgan fingerprint density at radius 3 is 1.23 bits per heavy atom. The summed E-state index contributed by atoms with van der Waals surface area (Å²) in [5.41, 5.74) is 8.24. The number of aryl methyl sites for hydroxylation is 2. The van der Waals surface area contributed by atoms with Crippen LogP contribution in [0.1, 0.15) is 131 Å². The highest BCUT2D eigenvalue weighted by molar-refractivity contribution is 7.47. The number of carbonyl (C=O) groups is 4. The molecule has 0 aromatic heterocycles. The predicted molar refractivity (Wildman–Crippen MR) is 314 cm³/mol. The quantitative estimate of drug-likeness (QED) is 0.0255. The number of hydrogen-bond donors (Lipinski definition) is 4. The smallest absolute Gasteiger partial charge is 0.354 e. The van der Waals surface area contributed by atoms with Gasteiger partial charge in [-0.1, -0.05) is 174 Å². The molecule has 0 aliphatic heterocycles. The zero-order chi connectivity index (χ0) is 58.2. The van der Waals surface area contributed by atoms with E-state index in [0.29, 0.717) is 11.1 Å². The van der Waals surface area contributed by atoms with E-state index in [-0.39, 0.29) is 50.8 Å². The molecule has 0 saturated carbocycles. The number of amides is 4. The van der Waals surface area contributed by atoms with E-state index in [1.165, 1.54) is 13.8 Å². The molecule has 6 aromatic carbocycles. The van der Waals surface area contributed by atoms with E-state index < -0.39 is 76.8 Å². The minimum absolute atomic E-state index is 0.0169. The van der Waals surface area contributed by atoms with E-state index >= 15 is 0 Å². The molecule has 0 heterocycles. The van der Waals surface area contributed by atoms with Crippen LogP contribution in [-0.4, -0.2) is 81.7 Å². The van der Waals surface area contributed by atoms with Crippen molar-refractivity contribution >= 4 is 39.3 Å². The van der Waals surface area contributed by atoms with Crippen LogP contribution in [0.4, 0.5) is 0 Å². The van der Waals surface area contributed by atoms with Gasteiger partial charge in [0.1, 0.15) is 0 Å². The van der Waals surface area contributed by atoms with Gasteiger partial charge in [-0.15, -0.1) is 0 Å². The zero-order valence-electron chi connectivity index (χ0n) is 47.1. The fraction of sp³-hybridized carbons (Fsp3) is 0.375. The highest BCUT2D eigenvalue weighted by Crippen LogP contribution is 2.52. The standard InChI is InChI=1S/C64H76N4O12P2/c1-5-7-19-47-29-33-51(34-30-47)63(71)67(41-49-21-11-9-12-22-49)59-55-27-17-15-25-53(55)39-57(59)79-81(73,74)77-43-45(3)61(69)65-37-38-66-62(70)46(4)44-78-82(75,76)80-58-40-54-26-16-18-28-56(54)60(58)68(42-50-23-13-10-14-24-50)64(72)52-35-31-48(32-36-52)20-8-6-2/h9-18,21-36,45-46,57-60H,5-8,19-20,37-44H2,1-4H3,(H,65,69)(H,66,70)(H,73,74)(H,75,76)/t45?,46?,57-,58-,59-,60+/m0/s1. The Morgan fingerprint density at radius 2 is 0.866 bits per heavy atom. The van der Waals surface area contributed by atoms with Gasteiger partial charge in [-0.2, -0.15) is 0 Å². The highest BCUT2D eigenvalue weighted by atomic mass is 31.2. The second-order valence-electron chi connectivity index (χ2n) is 21.3. The van der Waals surface area contributed by atoms with Crippen molar-refractivity contribution in [2.45, 2.75) is 116 Å². The first-order valence-electron chi connectivity index (χ1n) is 28.4. The fourth-order valence-corrected chi connectivity index (χ4v) is 12.6. The average Bonchev–Trinajstić information content (AvgIpc) is 4.25. The van der Waals surface area contributed by atoms with E-state index in [2.05, 4.69) is 24.5 Å². The summed E-state index contributed by atoms with van der Waals surface area (Å²) in [6.45, 7) is 6.70. The lowest BCUT2D eigenvalue weighted by atomic mass is 10.0. The van der Waals surface area contributed by atoms with Gasteiger partial charge in [0.2, 0.25) is 11.8 Å². The molecule has 16 nitrogen and oxygen atoms in total. The lowest BCUT2D eigenvalue weighted by Gasteiger charge is -2.34. The molecule has 0 bridgehead atoms. The Labute approximate surface area is 481 Å². The summed E-state index contributed by atoms with van der Waals surface area (Å²) in [6, 6.07) is 47.7. The molecule has 4 unspecified atom stereocenters. The van der Waals surface area contributed by atoms with Gasteiger partial charge in [-0.3, -0.25) is 37.3 Å². The van der Waals surface area contributed by atoms with Crippen molar-refractivity contribution in [3.8, 4) is 0 Å². The van der Waals surface area contributed by atoms with Crippen molar-refractivity contribution in [1.82, 2.24) is 20.4 Å². The molecular formula is C64H76N4O12P2. The van der Waals surface area contributed by atoms with Crippen LogP contribution in [0.3, 0.4) is 0 Å². The summed E-state index contributed by atoms with van der Waals surface area (Å²) in [4.78, 5) is 81.2. The zero-order valence-corrected chi connectivity index (χ0v) is 48.9. The van der Waals surface area contributed by atoms with Crippen molar-refractivity contribution in [2.75, 3.05) is 26.3 Å². The normalized spacial score (nSPS) is 18.5. The molecule has 0 fully saturated rings. The number of benzene rings is 6. The van der Waals surface area contributed by atoms with Gasteiger partial charge in [0.15, 0.2) is 0 Å². The molecule has 8 rings (SSSR count). The van der Waals surface area contributed by atoms with Crippen LogP contribution >= 0.6 is 15.6 Å². The largest absolute Gasteiger partial charge is 0.472 e. The molecular weight excluding hydrogens is 1080 g/mol. The van der Waals surface area contributed by atoms with E-state index in [1.54, 1.807) is 9.80 Å². The van der Waals surface area contributed by atoms with E-state index in [9.17, 15) is 38.1 Å². The molecule has 18 heteroatoms. The van der Waals surface area contributed by atoms with Crippen LogP contribution in [-0.2, 0) is 75.6 Å². The molecule has 0 saturated heterocycles. The molecule has 82 heavy (non-hydrogen) atoms. The maximum Gasteiger partial charge on any atom is 0.472 e. The van der Waals surface area contributed by atoms with Crippen LogP contribution in [0.2, 0.25) is 0 Å². The van der Waals surface area contributed by atoms with Gasteiger partial charge in [-0.25, -0.2) is 9.13 Å². The van der Waals surface area contributed by atoms with Crippen molar-refractivity contribution in [3.05, 3.63) is 213 Å². The Kier molecular flexibility index (Phi) is 21.8. The number of fused-ring (bicyclic) bond motifs is 2. The van der Waals surface area contributed by atoms with Gasteiger partial charge >= 0.3 is 15.6 Å². The third kappa shape index (κ3) is 16.6. The summed E-state index contributed by atoms with van der Waals surface area (Å²) < 4.78 is 50.3. The fourth-order valence-electron chi connectivity index (χ4n) is 10.6. The molecule has 2 aliphatic rings. The average molecular weight is 1160 g/mol. The number of phosphoric ester groups is 2. The van der Waals surface area contributed by atoms with Crippen molar-refractivity contribution in [2.24, 2.45) is 11.8 Å². The number of carbonyl (C=O) groups excluding carboxylic acids is 4. The molecule has 2 aliphatic carbocycles. The third-order valence-electron chi connectivity index (χ3n) is 15.0. The van der Waals surface area contributed by atoms with Gasteiger partial charge in [-0.05, 0) is 94.5 Å². The number of unbranched alkanes of at least 4 members (excludes halogenated alkanes) is 2. The minimum atomic E-state index is -4.83. The summed E-state index contributed by atoms with van der Waals surface area (Å²) in [5, 5.41) is 5.38. The number of rotatable bonds is 29. The lowest BCUT2D eigenvalue weighted by molar-refractivity contribution is -0.127. The number of hydrogen-bond acceptors (Lipinski definition) is 10. The second-order valence-corrected chi connectivity index (χ2v) is 24.1. The summed E-state index contributed by atoms with van der Waals surface area (Å²) in [7, 11) is -9.66. The third-order valence-corrected chi connectivity index (χ3v) is 17.1. The Bertz CT molecular complexity index is 2970. The van der Waals surface area contributed by atoms with Gasteiger partial charge < -0.3 is 30.2 Å². The Balaban J connectivity index is 0.825. The van der Waals surface area contributed by atoms with Gasteiger partial charge in [0, 0.05) is 50.1 Å². The van der Waals surface area contributed by atoms with E-state index in [4.69, 9.17) is 18.1 Å². The number of phosphoric acid groups is 2. The molecule has 434 valence electrons. The van der Waals surface area contributed by atoms with E-state index in [1.807, 2.05) is 158 Å². The SMILES string of the molecule is CCCCc1ccc(C(=O)N(Cc2ccccc2)[C@@H]2c3ccccc3C[C@@H]2OP(=O)(O)OCC(C)C(=O)NCCNC(=O)C(C)COP(=O)(O)O[C@H]2Cc3ccccc3[C@@H]2N(Cc2ccccc2)C(=O)c2ccc(CCCC)cc2)cc1. The van der Waals surface area contributed by atoms with Crippen LogP contribution in [0, 0.1) is 11.8 Å². The van der Waals surface area contributed by atoms with Crippen molar-refractivity contribution in [1.29, 1.82) is 0 Å². The first-order valence-corrected chi connectivity index (χ1v) is 31.4. The first-order chi connectivity index (χ1) is 39.5. The molecule has 4 amide bonds. The van der Waals surface area contributed by atoms with Crippen molar-refractivity contribution in [3.63, 3.8) is 0 Å². The van der Waals surface area contributed by atoms with Crippen molar-refractivity contribution < 1.29 is 56.2 Å². The summed E-state index contributed by atoms with van der Waals surface area (Å²) in [5.74, 6) is -3.41. The molecule has 6 aromatic rings. The Morgan fingerprint density at radius 1 is 0.512 bits per heavy atom. The lowest BCUT2D eigenvalue weighted by Crippen LogP contribution is -2.40. The van der Waals surface area contributed by atoms with Crippen LogP contribution in [0.5, 0.6) is 0 Å². The predicted octanol–water partition coefficient (Wildman–Crippen LogP) is 11.5. The second kappa shape index (κ2) is 29.1. The highest BCUT2D eigenvalue weighted by Gasteiger charge is 2.45. The molecule has 0 spiro atoms. The minimum Gasteiger partial charge on any atom is -0.354 e. The topological polar surface area (TPSA) is 210 Å². The monoisotopic (exact) mass is 1150 g/mol. The Hall–Kier alpha value is -6.58. The van der Waals surface area contributed by atoms with Crippen LogP contribution in [0.15, 0.2) is 158 Å². The summed E-state index contributed by atoms with van der Waals surface area (Å²) >= 11 is 0. The van der Waals surface area contributed by atoms with Gasteiger partial charge in [0.05, 0.1) is 49.3 Å². The van der Waals surface area contributed by atoms with E-state index in [0.717, 1.165) is 83.0 Å². The van der Waals surface area contributed by atoms with Crippen LogP contribution in [0.25, 0.3) is 0 Å². The maximum atomic E-state index is 14.5. The first kappa shape index (κ1) is 61.5. The molecule has 8 atom stereocenters. The van der Waals surface area contributed by atoms with Gasteiger partial charge in [0.25, 0.3) is 11.8 Å².